The van der Waals surface area contributed by atoms with Crippen molar-refractivity contribution in [2.75, 3.05) is 0 Å². The minimum Gasteiger partial charge on any atom is -0.292 e. The molecule has 0 aliphatic heterocycles. The highest BCUT2D eigenvalue weighted by Crippen LogP contribution is 2.23. The van der Waals surface area contributed by atoms with Crippen molar-refractivity contribution in [3.05, 3.63) is 40.5 Å². The molecular weight excluding hydrogens is 314 g/mol. The lowest BCUT2D eigenvalue weighted by atomic mass is 10.1. The summed E-state index contributed by atoms with van der Waals surface area (Å²) in [6, 6.07) is 9.85. The van der Waals surface area contributed by atoms with Gasteiger partial charge in [0.2, 0.25) is 0 Å². The quantitative estimate of drug-likeness (QED) is 0.491. The normalized spacial score (nSPS) is 10.9. The fourth-order valence-corrected chi connectivity index (χ4v) is 2.85. The van der Waals surface area contributed by atoms with Crippen molar-refractivity contribution in [1.82, 2.24) is 4.98 Å². The molecule has 0 radical (unpaired) electrons. The van der Waals surface area contributed by atoms with E-state index in [1.807, 2.05) is 30.3 Å². The molecule has 1 aromatic carbocycles. The second kappa shape index (κ2) is 7.53. The van der Waals surface area contributed by atoms with Crippen LogP contribution in [-0.4, -0.2) is 10.8 Å². The van der Waals surface area contributed by atoms with E-state index in [1.54, 1.807) is 0 Å². The van der Waals surface area contributed by atoms with Crippen LogP contribution in [0.25, 0.3) is 10.9 Å². The van der Waals surface area contributed by atoms with E-state index in [0.717, 1.165) is 28.2 Å². The second-order valence-electron chi connectivity index (χ2n) is 5.10. The van der Waals surface area contributed by atoms with Gasteiger partial charge in [-0.25, -0.2) is 4.98 Å². The Hall–Kier alpha value is -1.22. The van der Waals surface area contributed by atoms with Crippen LogP contribution >= 0.6 is 15.9 Å². The summed E-state index contributed by atoms with van der Waals surface area (Å²) in [7, 11) is 0. The number of benzene rings is 1. The number of nitrogens with zero attached hydrogens (tertiary/aromatic N) is 1. The first-order valence-corrected chi connectivity index (χ1v) is 8.10. The molecule has 20 heavy (non-hydrogen) atoms. The third kappa shape index (κ3) is 3.89. The molecule has 0 saturated heterocycles. The van der Waals surface area contributed by atoms with Crippen LogP contribution in [0, 0.1) is 0 Å². The SMILES string of the molecule is CCCCCCCC(=O)c1nc2ccccc2cc1Br. The molecule has 0 aliphatic carbocycles. The maximum atomic E-state index is 12.2. The topological polar surface area (TPSA) is 30.0 Å². The summed E-state index contributed by atoms with van der Waals surface area (Å²) >= 11 is 3.47. The van der Waals surface area contributed by atoms with Gasteiger partial charge in [-0.3, -0.25) is 4.79 Å². The molecule has 1 heterocycles. The van der Waals surface area contributed by atoms with Crippen LogP contribution in [0.5, 0.6) is 0 Å². The van der Waals surface area contributed by atoms with Gasteiger partial charge in [-0.1, -0.05) is 50.8 Å². The van der Waals surface area contributed by atoms with Gasteiger partial charge in [-0.2, -0.15) is 0 Å². The largest absolute Gasteiger partial charge is 0.292 e. The molecule has 0 N–H and O–H groups in total. The Labute approximate surface area is 128 Å². The number of hydrogen-bond acceptors (Lipinski definition) is 2. The van der Waals surface area contributed by atoms with Crippen LogP contribution in [-0.2, 0) is 0 Å². The average Bonchev–Trinajstić information content (AvgIpc) is 2.46. The maximum Gasteiger partial charge on any atom is 0.182 e. The zero-order valence-corrected chi connectivity index (χ0v) is 13.4. The first-order chi connectivity index (χ1) is 9.72. The maximum absolute atomic E-state index is 12.2. The number of para-hydroxylation sites is 1. The Morgan fingerprint density at radius 3 is 2.70 bits per heavy atom. The standard InChI is InChI=1S/C17H20BrNO/c1-2-3-4-5-6-11-16(20)17-14(18)12-13-9-7-8-10-15(13)19-17/h7-10,12H,2-6,11H2,1H3. The Kier molecular flexibility index (Phi) is 5.72. The first kappa shape index (κ1) is 15.2. The molecule has 0 saturated carbocycles. The predicted octanol–water partition coefficient (Wildman–Crippen LogP) is 5.54. The van der Waals surface area contributed by atoms with Crippen LogP contribution in [0.3, 0.4) is 0 Å². The van der Waals surface area contributed by atoms with Gasteiger partial charge < -0.3 is 0 Å². The zero-order valence-electron chi connectivity index (χ0n) is 11.9. The molecule has 1 aromatic heterocycles. The lowest BCUT2D eigenvalue weighted by Gasteiger charge is -2.05. The van der Waals surface area contributed by atoms with Gasteiger partial charge in [-0.05, 0) is 34.5 Å². The van der Waals surface area contributed by atoms with Gasteiger partial charge >= 0.3 is 0 Å². The smallest absolute Gasteiger partial charge is 0.182 e. The van der Waals surface area contributed by atoms with Crippen LogP contribution < -0.4 is 0 Å². The van der Waals surface area contributed by atoms with E-state index in [9.17, 15) is 4.79 Å². The van der Waals surface area contributed by atoms with Crippen LogP contribution in [0.4, 0.5) is 0 Å². The Morgan fingerprint density at radius 2 is 1.90 bits per heavy atom. The monoisotopic (exact) mass is 333 g/mol. The molecule has 2 aromatic rings. The van der Waals surface area contributed by atoms with E-state index < -0.39 is 0 Å². The lowest BCUT2D eigenvalue weighted by Crippen LogP contribution is -2.03. The lowest BCUT2D eigenvalue weighted by molar-refractivity contribution is 0.0974. The molecule has 0 unspecified atom stereocenters. The molecule has 3 heteroatoms. The van der Waals surface area contributed by atoms with Gasteiger partial charge in [-0.15, -0.1) is 0 Å². The number of rotatable bonds is 7. The molecule has 0 amide bonds. The molecule has 0 atom stereocenters. The number of hydrogen-bond donors (Lipinski definition) is 0. The van der Waals surface area contributed by atoms with Crippen LogP contribution in [0.15, 0.2) is 34.8 Å². The van der Waals surface area contributed by atoms with Crippen molar-refractivity contribution in [3.8, 4) is 0 Å². The van der Waals surface area contributed by atoms with Gasteiger partial charge in [0.05, 0.1) is 5.52 Å². The molecule has 0 bridgehead atoms. The van der Waals surface area contributed by atoms with E-state index in [0.29, 0.717) is 12.1 Å². The number of Topliss-reactive ketones (excluding diaryl/α,β-unsaturated/α-hetero) is 1. The van der Waals surface area contributed by atoms with Crippen molar-refractivity contribution in [1.29, 1.82) is 0 Å². The van der Waals surface area contributed by atoms with E-state index in [4.69, 9.17) is 0 Å². The van der Waals surface area contributed by atoms with E-state index >= 15 is 0 Å². The molecular formula is C17H20BrNO. The summed E-state index contributed by atoms with van der Waals surface area (Å²) < 4.78 is 0.801. The third-order valence-corrected chi connectivity index (χ3v) is 4.05. The predicted molar refractivity (Wildman–Crippen MR) is 87.1 cm³/mol. The minimum atomic E-state index is 0.138. The van der Waals surface area contributed by atoms with Crippen molar-refractivity contribution in [2.45, 2.75) is 45.4 Å². The highest BCUT2D eigenvalue weighted by atomic mass is 79.9. The molecule has 0 fully saturated rings. The van der Waals surface area contributed by atoms with Gasteiger partial charge in [0.1, 0.15) is 5.69 Å². The summed E-state index contributed by atoms with van der Waals surface area (Å²) in [5.41, 5.74) is 1.45. The Balaban J connectivity index is 2.04. The Morgan fingerprint density at radius 1 is 1.15 bits per heavy atom. The fourth-order valence-electron chi connectivity index (χ4n) is 2.29. The number of halogens is 1. The minimum absolute atomic E-state index is 0.138. The number of pyridine rings is 1. The van der Waals surface area contributed by atoms with Gasteiger partial charge in [0.15, 0.2) is 5.78 Å². The summed E-state index contributed by atoms with van der Waals surface area (Å²) in [6.07, 6.45) is 6.38. The van der Waals surface area contributed by atoms with Gasteiger partial charge in [0.25, 0.3) is 0 Å². The van der Waals surface area contributed by atoms with E-state index in [-0.39, 0.29) is 5.78 Å². The van der Waals surface area contributed by atoms with Crippen molar-refractivity contribution >= 4 is 32.6 Å². The van der Waals surface area contributed by atoms with Crippen LogP contribution in [0.1, 0.15) is 55.9 Å². The molecule has 2 rings (SSSR count). The number of fused-ring (bicyclic) bond motifs is 1. The Bertz CT molecular complexity index is 595. The van der Waals surface area contributed by atoms with E-state index in [2.05, 4.69) is 27.8 Å². The highest BCUT2D eigenvalue weighted by molar-refractivity contribution is 9.10. The summed E-state index contributed by atoms with van der Waals surface area (Å²) in [5, 5.41) is 1.05. The number of carbonyl (C=O) groups is 1. The van der Waals surface area contributed by atoms with Crippen molar-refractivity contribution in [2.24, 2.45) is 0 Å². The molecule has 2 nitrogen and oxygen atoms in total. The number of ketones is 1. The summed E-state index contributed by atoms with van der Waals surface area (Å²) in [4.78, 5) is 16.7. The van der Waals surface area contributed by atoms with Crippen molar-refractivity contribution < 1.29 is 4.79 Å². The number of carbonyl (C=O) groups excluding carboxylic acids is 1. The van der Waals surface area contributed by atoms with Gasteiger partial charge in [0, 0.05) is 16.3 Å². The van der Waals surface area contributed by atoms with Crippen molar-refractivity contribution in [3.63, 3.8) is 0 Å². The average molecular weight is 334 g/mol. The third-order valence-electron chi connectivity index (χ3n) is 3.45. The summed E-state index contributed by atoms with van der Waals surface area (Å²) in [6.45, 7) is 2.20. The zero-order chi connectivity index (χ0) is 14.4. The number of aromatic nitrogens is 1. The molecule has 0 spiro atoms. The van der Waals surface area contributed by atoms with Crippen LogP contribution in [0.2, 0.25) is 0 Å². The first-order valence-electron chi connectivity index (χ1n) is 7.31. The fraction of sp³-hybridized carbons (Fsp3) is 0.412. The molecule has 0 aliphatic rings. The second-order valence-corrected chi connectivity index (χ2v) is 5.95. The van der Waals surface area contributed by atoms with E-state index in [1.165, 1.54) is 19.3 Å². The highest BCUT2D eigenvalue weighted by Gasteiger charge is 2.12. The number of unbranched alkanes of at least 4 members (excludes halogenated alkanes) is 4. The summed E-state index contributed by atoms with van der Waals surface area (Å²) in [5.74, 6) is 0.138. The molecule has 106 valence electrons.